The maximum atomic E-state index is 13.6. The highest BCUT2D eigenvalue weighted by molar-refractivity contribution is 7.83. The van der Waals surface area contributed by atoms with Crippen LogP contribution in [0.15, 0.2) is 66.7 Å². The molecule has 10 nitrogen and oxygen atoms in total. The van der Waals surface area contributed by atoms with Gasteiger partial charge in [0.1, 0.15) is 17.4 Å². The van der Waals surface area contributed by atoms with Gasteiger partial charge in [-0.15, -0.1) is 0 Å². The Kier molecular flexibility index (Phi) is 9.60. The average molecular weight is 605 g/mol. The second-order valence-electron chi connectivity index (χ2n) is 10.4. The van der Waals surface area contributed by atoms with E-state index in [1.807, 2.05) is 11.0 Å². The van der Waals surface area contributed by atoms with Crippen LogP contribution in [0.4, 0.5) is 14.5 Å². The van der Waals surface area contributed by atoms with Crippen molar-refractivity contribution in [3.8, 4) is 5.75 Å². The zero-order valence-corrected chi connectivity index (χ0v) is 23.9. The zero-order chi connectivity index (χ0) is 29.3. The van der Waals surface area contributed by atoms with E-state index in [9.17, 15) is 36.8 Å². The minimum absolute atomic E-state index is 0. The number of nitrogens with zero attached hydrogens (tertiary/aromatic N) is 3. The summed E-state index contributed by atoms with van der Waals surface area (Å²) in [7, 11) is -4.48. The van der Waals surface area contributed by atoms with Gasteiger partial charge in [-0.1, -0.05) is 24.3 Å². The van der Waals surface area contributed by atoms with Crippen LogP contribution in [0.2, 0.25) is 0 Å². The third kappa shape index (κ3) is 6.77. The number of carbonyl (C=O) groups is 1. The number of phenolic OH excluding ortho intramolecular Hbond substituents is 1. The Balaban J connectivity index is 0.00000405. The van der Waals surface area contributed by atoms with Crippen LogP contribution in [0.5, 0.6) is 5.75 Å². The quantitative estimate of drug-likeness (QED) is 0.247. The van der Waals surface area contributed by atoms with Crippen LogP contribution in [-0.2, 0) is 21.6 Å². The molecule has 0 saturated carbocycles. The van der Waals surface area contributed by atoms with Gasteiger partial charge in [-0.25, -0.2) is 21.5 Å². The Bertz CT molecular complexity index is 1500. The molecule has 0 aromatic heterocycles. The molecule has 0 unspecified atom stereocenters. The molecule has 3 aromatic carbocycles. The van der Waals surface area contributed by atoms with Gasteiger partial charge in [0.2, 0.25) is 5.91 Å². The summed E-state index contributed by atoms with van der Waals surface area (Å²) in [5.74, 6) is -1.67. The van der Waals surface area contributed by atoms with Gasteiger partial charge in [-0.2, -0.15) is 0 Å². The van der Waals surface area contributed by atoms with Crippen LogP contribution >= 0.6 is 0 Å². The number of aliphatic hydroxyl groups is 1. The van der Waals surface area contributed by atoms with Crippen molar-refractivity contribution >= 4 is 21.9 Å². The van der Waals surface area contributed by atoms with Crippen LogP contribution < -0.4 is 11.1 Å². The van der Waals surface area contributed by atoms with E-state index in [2.05, 4.69) is 0 Å². The minimum atomic E-state index is -4.48. The third-order valence-electron chi connectivity index (χ3n) is 7.79. The Morgan fingerprint density at radius 1 is 0.929 bits per heavy atom. The van der Waals surface area contributed by atoms with E-state index in [1.165, 1.54) is 53.4 Å². The summed E-state index contributed by atoms with van der Waals surface area (Å²) in [5, 5.41) is 21.7. The Morgan fingerprint density at radius 2 is 1.52 bits per heavy atom. The number of β-lactam (4-membered cyclic amide) rings is 1. The molecule has 226 valence electrons. The summed E-state index contributed by atoms with van der Waals surface area (Å²) >= 11 is 0. The molecule has 5 rings (SSSR count). The number of phenols is 1. The highest BCUT2D eigenvalue weighted by Crippen LogP contribution is 2.48. The first kappa shape index (κ1) is 31.5. The van der Waals surface area contributed by atoms with Crippen molar-refractivity contribution < 1.29 is 36.8 Å². The summed E-state index contributed by atoms with van der Waals surface area (Å²) in [5.41, 5.74) is 2.28. The molecular formula is C29H34F2N4O6S. The van der Waals surface area contributed by atoms with E-state index in [-0.39, 0.29) is 37.3 Å². The number of carbonyl (C=O) groups excluding carboxylic acids is 1. The Morgan fingerprint density at radius 3 is 2.10 bits per heavy atom. The lowest BCUT2D eigenvalue weighted by Gasteiger charge is -2.48. The lowest BCUT2D eigenvalue weighted by Crippen LogP contribution is -2.55. The molecule has 0 aliphatic carbocycles. The molecule has 2 saturated heterocycles. The first-order chi connectivity index (χ1) is 19.5. The summed E-state index contributed by atoms with van der Waals surface area (Å²) in [4.78, 5) is 16.8. The van der Waals surface area contributed by atoms with Crippen LogP contribution in [0.3, 0.4) is 0 Å². The summed E-state index contributed by atoms with van der Waals surface area (Å²) in [6.07, 6.45) is -0.370. The molecule has 2 aliphatic rings. The monoisotopic (exact) mass is 604 g/mol. The number of rotatable bonds is 9. The van der Waals surface area contributed by atoms with Crippen molar-refractivity contribution in [2.24, 2.45) is 5.92 Å². The van der Waals surface area contributed by atoms with Gasteiger partial charge in [-0.05, 0) is 66.4 Å². The summed E-state index contributed by atoms with van der Waals surface area (Å²) in [6.45, 7) is 1.37. The number of quaternary nitrogens is 1. The van der Waals surface area contributed by atoms with E-state index < -0.39 is 40.0 Å². The number of benzene rings is 3. The van der Waals surface area contributed by atoms with Crippen LogP contribution in [0.1, 0.15) is 41.7 Å². The third-order valence-corrected chi connectivity index (χ3v) is 8.79. The molecule has 1 amide bonds. The van der Waals surface area contributed by atoms with Crippen LogP contribution in [0.25, 0.3) is 0 Å². The van der Waals surface area contributed by atoms with Crippen LogP contribution in [-0.4, -0.2) is 64.5 Å². The predicted molar refractivity (Wildman–Crippen MR) is 151 cm³/mol. The molecule has 0 radical (unpaired) electrons. The highest BCUT2D eigenvalue weighted by atomic mass is 32.2. The molecule has 2 heterocycles. The number of halogens is 2. The maximum absolute atomic E-state index is 13.6. The largest absolute Gasteiger partial charge is 0.735 e. The number of hydrogen-bond donors (Lipinski definition) is 3. The Labute approximate surface area is 243 Å². The zero-order valence-electron chi connectivity index (χ0n) is 23.1. The fraction of sp³-hybridized carbons (Fsp3) is 0.345. The first-order valence-electron chi connectivity index (χ1n) is 13.3. The summed E-state index contributed by atoms with van der Waals surface area (Å²) < 4.78 is 61.5. The number of anilines is 1. The van der Waals surface area contributed by atoms with E-state index in [0.29, 0.717) is 42.9 Å². The van der Waals surface area contributed by atoms with Gasteiger partial charge in [0.15, 0.2) is 10.3 Å². The number of aromatic hydroxyl groups is 1. The predicted octanol–water partition coefficient (Wildman–Crippen LogP) is 3.84. The second-order valence-corrected chi connectivity index (χ2v) is 11.8. The van der Waals surface area contributed by atoms with Crippen molar-refractivity contribution in [1.82, 2.24) is 15.4 Å². The molecule has 0 bridgehead atoms. The molecule has 6 N–H and O–H groups in total. The molecule has 2 fully saturated rings. The lowest BCUT2D eigenvalue weighted by molar-refractivity contribution is -0.131. The van der Waals surface area contributed by atoms with Gasteiger partial charge in [-0.3, -0.25) is 9.69 Å². The molecule has 13 heteroatoms. The SMILES string of the molecule is O=C1[C@H](CC[C@H](O)c2ccc(F)cc2)[C@@H](c2ccc(CN3CCN(S(=O)(=O)[O-])CC3)cc2O)N1c1ccc(F)cc1.[NH4+]. The fourth-order valence-corrected chi connectivity index (χ4v) is 6.18. The van der Waals surface area contributed by atoms with Crippen molar-refractivity contribution in [2.45, 2.75) is 31.5 Å². The number of amides is 1. The van der Waals surface area contributed by atoms with Crippen molar-refractivity contribution in [1.29, 1.82) is 0 Å². The lowest BCUT2D eigenvalue weighted by atomic mass is 9.77. The highest BCUT2D eigenvalue weighted by Gasteiger charge is 2.49. The maximum Gasteiger partial charge on any atom is 0.233 e. The minimum Gasteiger partial charge on any atom is -0.735 e. The molecule has 2 aliphatic heterocycles. The van der Waals surface area contributed by atoms with E-state index in [0.717, 1.165) is 9.87 Å². The standard InChI is InChI=1S/C29H31F2N3O6S.H3N/c30-21-4-2-20(3-5-21)26(35)12-11-25-28(34(29(25)37)23-8-6-22(31)7-9-23)24-10-1-19(17-27(24)36)18-32-13-15-33(16-14-32)41(38,39)40;/h1-10,17,25-26,28,35-36H,11-16,18H2,(H,38,39,40);1H3/t25-,26+,28-;/m1./s1. The topological polar surface area (TPSA) is 161 Å². The molecule has 3 aromatic rings. The smallest absolute Gasteiger partial charge is 0.233 e. The van der Waals surface area contributed by atoms with Gasteiger partial charge in [0.25, 0.3) is 0 Å². The van der Waals surface area contributed by atoms with E-state index >= 15 is 0 Å². The second kappa shape index (κ2) is 12.8. The van der Waals surface area contributed by atoms with Crippen molar-refractivity contribution in [3.05, 3.63) is 95.1 Å². The summed E-state index contributed by atoms with van der Waals surface area (Å²) in [6, 6.07) is 15.6. The number of aliphatic hydroxyl groups excluding tert-OH is 1. The van der Waals surface area contributed by atoms with Gasteiger partial charge in [0.05, 0.1) is 18.1 Å². The van der Waals surface area contributed by atoms with Crippen molar-refractivity contribution in [2.75, 3.05) is 31.1 Å². The average Bonchev–Trinajstić information content (AvgIpc) is 2.93. The van der Waals surface area contributed by atoms with Gasteiger partial charge >= 0.3 is 0 Å². The normalized spacial score (nSPS) is 20.6. The van der Waals surface area contributed by atoms with Gasteiger partial charge < -0.3 is 25.8 Å². The van der Waals surface area contributed by atoms with E-state index in [4.69, 9.17) is 0 Å². The fourth-order valence-electron chi connectivity index (χ4n) is 5.57. The van der Waals surface area contributed by atoms with E-state index in [1.54, 1.807) is 12.1 Å². The molecular weight excluding hydrogens is 570 g/mol. The molecule has 42 heavy (non-hydrogen) atoms. The van der Waals surface area contributed by atoms with Gasteiger partial charge in [0, 0.05) is 44.0 Å². The molecule has 3 atom stereocenters. The van der Waals surface area contributed by atoms with Crippen molar-refractivity contribution in [3.63, 3.8) is 0 Å². The first-order valence-corrected chi connectivity index (χ1v) is 14.6. The number of hydrogen-bond acceptors (Lipinski definition) is 7. The van der Waals surface area contributed by atoms with Crippen LogP contribution in [0, 0.1) is 17.6 Å². The molecule has 0 spiro atoms. The number of piperazine rings is 1. The Hall–Kier alpha value is -3.46.